The Hall–Kier alpha value is -2.31. The van der Waals surface area contributed by atoms with Crippen molar-refractivity contribution in [3.63, 3.8) is 0 Å². The van der Waals surface area contributed by atoms with E-state index in [9.17, 15) is 15.0 Å². The number of nitrogens with two attached hydrogens (primary N) is 1. The van der Waals surface area contributed by atoms with Crippen molar-refractivity contribution in [3.8, 4) is 6.07 Å². The molecule has 0 bridgehead atoms. The number of ether oxygens (including phenoxy) is 1. The minimum atomic E-state index is -1.45. The van der Waals surface area contributed by atoms with Crippen LogP contribution in [0.25, 0.3) is 0 Å². The van der Waals surface area contributed by atoms with E-state index in [4.69, 9.17) is 15.7 Å². The second-order valence-corrected chi connectivity index (χ2v) is 5.40. The topological polar surface area (TPSA) is 157 Å². The van der Waals surface area contributed by atoms with Gasteiger partial charge >= 0.3 is 6.09 Å². The summed E-state index contributed by atoms with van der Waals surface area (Å²) in [5, 5.41) is 36.9. The number of amides is 1. The zero-order valence-electron chi connectivity index (χ0n) is 12.0. The number of H-pyrrole nitrogens is 1. The maximum atomic E-state index is 11.4. The van der Waals surface area contributed by atoms with Gasteiger partial charge in [-0.1, -0.05) is 0 Å². The van der Waals surface area contributed by atoms with Gasteiger partial charge in [-0.05, 0) is 20.8 Å². The average Bonchev–Trinajstić information content (AvgIpc) is 2.74. The fourth-order valence-corrected chi connectivity index (χ4v) is 1.51. The van der Waals surface area contributed by atoms with Crippen molar-refractivity contribution in [1.82, 2.24) is 15.5 Å². The molecule has 2 atom stereocenters. The summed E-state index contributed by atoms with van der Waals surface area (Å²) in [7, 11) is 0. The Bertz CT molecular complexity index is 543. The lowest BCUT2D eigenvalue weighted by Crippen LogP contribution is -2.39. The number of hydrogen-bond acceptors (Lipinski definition) is 7. The highest BCUT2D eigenvalue weighted by atomic mass is 16.6. The van der Waals surface area contributed by atoms with E-state index in [0.29, 0.717) is 0 Å². The largest absolute Gasteiger partial charge is 0.444 e. The number of aliphatic hydroxyl groups is 2. The number of aliphatic hydroxyl groups excluding tert-OH is 2. The number of nitrogens with zero attached hydrogens (tertiary/aromatic N) is 2. The molecule has 9 heteroatoms. The van der Waals surface area contributed by atoms with Gasteiger partial charge in [-0.3, -0.25) is 5.10 Å². The van der Waals surface area contributed by atoms with E-state index in [1.54, 1.807) is 26.8 Å². The third kappa shape index (κ3) is 4.62. The summed E-state index contributed by atoms with van der Waals surface area (Å²) in [6.45, 7) is 4.83. The number of aromatic nitrogens is 2. The maximum Gasteiger partial charge on any atom is 0.407 e. The van der Waals surface area contributed by atoms with Gasteiger partial charge in [0.05, 0.1) is 5.69 Å². The van der Waals surface area contributed by atoms with Crippen LogP contribution in [0.2, 0.25) is 0 Å². The van der Waals surface area contributed by atoms with Gasteiger partial charge in [0, 0.05) is 6.54 Å². The molecular formula is C12H19N5O4. The number of nitriles is 1. The summed E-state index contributed by atoms with van der Waals surface area (Å²) < 4.78 is 4.99. The Morgan fingerprint density at radius 3 is 2.71 bits per heavy atom. The molecule has 9 nitrogen and oxygen atoms in total. The highest BCUT2D eigenvalue weighted by Crippen LogP contribution is 2.21. The number of rotatable bonds is 4. The summed E-state index contributed by atoms with van der Waals surface area (Å²) in [6.07, 6.45) is -3.53. The summed E-state index contributed by atoms with van der Waals surface area (Å²) in [5.41, 5.74) is 4.72. The van der Waals surface area contributed by atoms with E-state index in [2.05, 4.69) is 15.5 Å². The van der Waals surface area contributed by atoms with Crippen molar-refractivity contribution in [1.29, 1.82) is 5.26 Å². The molecule has 0 aliphatic rings. The van der Waals surface area contributed by atoms with Crippen LogP contribution in [0.5, 0.6) is 0 Å². The number of alkyl carbamates (subject to hydrolysis) is 1. The van der Waals surface area contributed by atoms with E-state index in [-0.39, 0.29) is 23.6 Å². The van der Waals surface area contributed by atoms with Crippen LogP contribution in [-0.4, -0.2) is 44.8 Å². The quantitative estimate of drug-likeness (QED) is 0.514. The molecule has 6 N–H and O–H groups in total. The Morgan fingerprint density at radius 2 is 2.19 bits per heavy atom. The Morgan fingerprint density at radius 1 is 1.57 bits per heavy atom. The number of nitrogens with one attached hydrogen (secondary N) is 2. The van der Waals surface area contributed by atoms with Crippen molar-refractivity contribution in [2.24, 2.45) is 0 Å². The van der Waals surface area contributed by atoms with Crippen LogP contribution in [0.15, 0.2) is 0 Å². The zero-order chi connectivity index (χ0) is 16.2. The highest BCUT2D eigenvalue weighted by Gasteiger charge is 2.26. The second-order valence-electron chi connectivity index (χ2n) is 5.40. The van der Waals surface area contributed by atoms with E-state index in [0.717, 1.165) is 0 Å². The fourth-order valence-electron chi connectivity index (χ4n) is 1.51. The third-order valence-electron chi connectivity index (χ3n) is 2.45. The minimum absolute atomic E-state index is 0.00603. The van der Waals surface area contributed by atoms with Crippen LogP contribution in [0, 0.1) is 11.3 Å². The molecule has 0 saturated heterocycles. The molecule has 1 rings (SSSR count). The number of carbonyl (C=O) groups excluding carboxylic acids is 1. The molecule has 1 heterocycles. The van der Waals surface area contributed by atoms with Gasteiger partial charge in [-0.2, -0.15) is 10.4 Å². The van der Waals surface area contributed by atoms with Crippen LogP contribution < -0.4 is 11.1 Å². The highest BCUT2D eigenvalue weighted by molar-refractivity contribution is 5.67. The van der Waals surface area contributed by atoms with Gasteiger partial charge < -0.3 is 26.0 Å². The molecule has 0 radical (unpaired) electrons. The summed E-state index contributed by atoms with van der Waals surface area (Å²) in [5.74, 6) is -0.0705. The number of carbonyl (C=O) groups is 1. The molecule has 1 amide bonds. The molecule has 1 aromatic heterocycles. The molecule has 0 spiro atoms. The summed E-state index contributed by atoms with van der Waals surface area (Å²) in [6, 6.07) is 1.77. The standard InChI is InChI=1S/C12H19N5O4/c1-12(2,3)21-11(20)15-5-7(18)9(19)8-6(4-13)10(14)17-16-8/h7,9,18-19H,5H2,1-3H3,(H,15,20)(H3,14,16,17). The van der Waals surface area contributed by atoms with Gasteiger partial charge in [0.1, 0.15) is 29.4 Å². The molecule has 2 unspecified atom stereocenters. The van der Waals surface area contributed by atoms with Gasteiger partial charge in [0.15, 0.2) is 5.82 Å². The normalized spacial score (nSPS) is 14.1. The lowest BCUT2D eigenvalue weighted by molar-refractivity contribution is 0.0107. The van der Waals surface area contributed by atoms with Crippen molar-refractivity contribution >= 4 is 11.9 Å². The van der Waals surface area contributed by atoms with Crippen LogP contribution in [-0.2, 0) is 4.74 Å². The SMILES string of the molecule is CC(C)(C)OC(=O)NCC(O)C(O)c1[nH]nc(N)c1C#N. The second kappa shape index (κ2) is 6.43. The lowest BCUT2D eigenvalue weighted by atomic mass is 10.1. The van der Waals surface area contributed by atoms with E-state index in [1.807, 2.05) is 0 Å². The lowest BCUT2D eigenvalue weighted by Gasteiger charge is -2.21. The molecule has 0 saturated carbocycles. The zero-order valence-corrected chi connectivity index (χ0v) is 12.0. The van der Waals surface area contributed by atoms with Gasteiger partial charge in [-0.25, -0.2) is 4.79 Å². The minimum Gasteiger partial charge on any atom is -0.444 e. The number of aromatic amines is 1. The van der Waals surface area contributed by atoms with Crippen molar-refractivity contribution in [3.05, 3.63) is 11.3 Å². The molecular weight excluding hydrogens is 278 g/mol. The molecule has 0 aliphatic carbocycles. The first kappa shape index (κ1) is 16.7. The first-order valence-corrected chi connectivity index (χ1v) is 6.22. The van der Waals surface area contributed by atoms with E-state index < -0.39 is 23.9 Å². The Balaban J connectivity index is 2.61. The summed E-state index contributed by atoms with van der Waals surface area (Å²) in [4.78, 5) is 11.4. The van der Waals surface area contributed by atoms with Crippen LogP contribution in [0.4, 0.5) is 10.6 Å². The molecule has 21 heavy (non-hydrogen) atoms. The first-order chi connectivity index (χ1) is 9.65. The van der Waals surface area contributed by atoms with Gasteiger partial charge in [0.25, 0.3) is 0 Å². The van der Waals surface area contributed by atoms with Gasteiger partial charge in [0.2, 0.25) is 0 Å². The van der Waals surface area contributed by atoms with Crippen LogP contribution in [0.1, 0.15) is 38.1 Å². The molecule has 0 fully saturated rings. The van der Waals surface area contributed by atoms with Crippen molar-refractivity contribution in [2.45, 2.75) is 38.6 Å². The fraction of sp³-hybridized carbons (Fsp3) is 0.583. The number of anilines is 1. The summed E-state index contributed by atoms with van der Waals surface area (Å²) >= 11 is 0. The van der Waals surface area contributed by atoms with Gasteiger partial charge in [-0.15, -0.1) is 0 Å². The van der Waals surface area contributed by atoms with Crippen LogP contribution >= 0.6 is 0 Å². The van der Waals surface area contributed by atoms with E-state index in [1.165, 1.54) is 0 Å². The molecule has 1 aromatic rings. The molecule has 0 aliphatic heterocycles. The predicted molar refractivity (Wildman–Crippen MR) is 72.9 cm³/mol. The first-order valence-electron chi connectivity index (χ1n) is 6.22. The molecule has 116 valence electrons. The number of nitrogen functional groups attached to an aromatic ring is 1. The smallest absolute Gasteiger partial charge is 0.407 e. The Kier molecular flexibility index (Phi) is 5.12. The Labute approximate surface area is 121 Å². The van der Waals surface area contributed by atoms with E-state index >= 15 is 0 Å². The van der Waals surface area contributed by atoms with Crippen molar-refractivity contribution in [2.75, 3.05) is 12.3 Å². The monoisotopic (exact) mass is 297 g/mol. The van der Waals surface area contributed by atoms with Crippen molar-refractivity contribution < 1.29 is 19.7 Å². The maximum absolute atomic E-state index is 11.4. The molecule has 0 aromatic carbocycles. The predicted octanol–water partition coefficient (Wildman–Crippen LogP) is -0.217. The average molecular weight is 297 g/mol. The van der Waals surface area contributed by atoms with Crippen LogP contribution in [0.3, 0.4) is 0 Å². The number of hydrogen-bond donors (Lipinski definition) is 5. The third-order valence-corrected chi connectivity index (χ3v) is 2.45.